The Labute approximate surface area is 143 Å². The first kappa shape index (κ1) is 17.0. The molecule has 1 fully saturated rings. The van der Waals surface area contributed by atoms with E-state index < -0.39 is 0 Å². The molecule has 0 radical (unpaired) electrons. The molecule has 0 N–H and O–H groups in total. The molecule has 2 atom stereocenters. The zero-order chi connectivity index (χ0) is 17.3. The molecule has 5 nitrogen and oxygen atoms in total. The fraction of sp³-hybridized carbons (Fsp3) is 0.526. The zero-order valence-electron chi connectivity index (χ0n) is 15.0. The van der Waals surface area contributed by atoms with Crippen molar-refractivity contribution in [3.05, 3.63) is 36.0 Å². The molecule has 1 aromatic heterocycles. The fourth-order valence-corrected chi connectivity index (χ4v) is 3.75. The largest absolute Gasteiger partial charge is 0.383 e. The first-order chi connectivity index (χ1) is 11.5. The van der Waals surface area contributed by atoms with Crippen molar-refractivity contribution in [2.75, 3.05) is 40.9 Å². The average molecular weight is 329 g/mol. The highest BCUT2D eigenvalue weighted by molar-refractivity contribution is 6.07. The summed E-state index contributed by atoms with van der Waals surface area (Å²) in [5.74, 6) is 0.629. The molecule has 5 heteroatoms. The lowest BCUT2D eigenvalue weighted by Gasteiger charge is -2.22. The highest BCUT2D eigenvalue weighted by Crippen LogP contribution is 2.26. The molecule has 2 aromatic rings. The second kappa shape index (κ2) is 6.95. The van der Waals surface area contributed by atoms with E-state index in [1.54, 1.807) is 7.11 Å². The van der Waals surface area contributed by atoms with E-state index in [-0.39, 0.29) is 5.91 Å². The maximum absolute atomic E-state index is 13.1. The van der Waals surface area contributed by atoms with Crippen molar-refractivity contribution < 1.29 is 9.53 Å². The number of rotatable bonds is 5. The third kappa shape index (κ3) is 3.06. The molecule has 0 bridgehead atoms. The van der Waals surface area contributed by atoms with Gasteiger partial charge in [0.05, 0.1) is 12.2 Å². The van der Waals surface area contributed by atoms with Crippen LogP contribution >= 0.6 is 0 Å². The first-order valence-corrected chi connectivity index (χ1v) is 8.55. The normalized spacial score (nSPS) is 21.1. The number of benzene rings is 1. The molecule has 3 rings (SSSR count). The smallest absolute Gasteiger partial charge is 0.256 e. The number of likely N-dealkylation sites (N-methyl/N-ethyl adjacent to an activating group) is 1. The Balaban J connectivity index is 1.90. The summed E-state index contributed by atoms with van der Waals surface area (Å²) in [6.07, 6.45) is 1.99. The van der Waals surface area contributed by atoms with Crippen molar-refractivity contribution in [3.63, 3.8) is 0 Å². The Hall–Kier alpha value is -1.85. The molecule has 0 spiro atoms. The Bertz CT molecular complexity index is 722. The number of carbonyl (C=O) groups is 1. The number of aromatic nitrogens is 1. The highest BCUT2D eigenvalue weighted by Gasteiger charge is 2.34. The first-order valence-electron chi connectivity index (χ1n) is 8.55. The quantitative estimate of drug-likeness (QED) is 0.845. The predicted molar refractivity (Wildman–Crippen MR) is 96.4 cm³/mol. The van der Waals surface area contributed by atoms with Crippen molar-refractivity contribution in [3.8, 4) is 0 Å². The minimum Gasteiger partial charge on any atom is -0.383 e. The van der Waals surface area contributed by atoms with Crippen LogP contribution in [0.15, 0.2) is 30.5 Å². The fourth-order valence-electron chi connectivity index (χ4n) is 3.75. The number of fused-ring (bicyclic) bond motifs is 1. The van der Waals surface area contributed by atoms with E-state index in [0.717, 1.165) is 36.1 Å². The van der Waals surface area contributed by atoms with Crippen LogP contribution in [0, 0.1) is 5.92 Å². The molecule has 0 saturated carbocycles. The van der Waals surface area contributed by atoms with E-state index >= 15 is 0 Å². The number of para-hydroxylation sites is 1. The Morgan fingerprint density at radius 2 is 2.04 bits per heavy atom. The van der Waals surface area contributed by atoms with Gasteiger partial charge in [0, 0.05) is 49.9 Å². The maximum Gasteiger partial charge on any atom is 0.256 e. The van der Waals surface area contributed by atoms with E-state index in [1.807, 2.05) is 29.3 Å². The predicted octanol–water partition coefficient (Wildman–Crippen LogP) is 2.31. The van der Waals surface area contributed by atoms with Gasteiger partial charge in [-0.1, -0.05) is 25.1 Å². The van der Waals surface area contributed by atoms with Gasteiger partial charge in [-0.3, -0.25) is 4.79 Å². The van der Waals surface area contributed by atoms with Crippen LogP contribution in [0.25, 0.3) is 10.9 Å². The third-order valence-corrected chi connectivity index (χ3v) is 5.08. The van der Waals surface area contributed by atoms with Gasteiger partial charge < -0.3 is 19.1 Å². The van der Waals surface area contributed by atoms with E-state index in [4.69, 9.17) is 4.74 Å². The third-order valence-electron chi connectivity index (χ3n) is 5.08. The van der Waals surface area contributed by atoms with Crippen molar-refractivity contribution in [1.82, 2.24) is 14.4 Å². The Morgan fingerprint density at radius 1 is 1.29 bits per heavy atom. The van der Waals surface area contributed by atoms with Gasteiger partial charge in [-0.2, -0.15) is 0 Å². The number of nitrogens with zero attached hydrogens (tertiary/aromatic N) is 3. The molecular formula is C19H27N3O2. The molecule has 0 unspecified atom stereocenters. The van der Waals surface area contributed by atoms with E-state index in [1.165, 1.54) is 0 Å². The van der Waals surface area contributed by atoms with Gasteiger partial charge >= 0.3 is 0 Å². The van der Waals surface area contributed by atoms with Crippen LogP contribution in [0.3, 0.4) is 0 Å². The number of hydrogen-bond donors (Lipinski definition) is 0. The Kier molecular flexibility index (Phi) is 4.92. The Morgan fingerprint density at radius 3 is 2.71 bits per heavy atom. The van der Waals surface area contributed by atoms with Gasteiger partial charge in [-0.25, -0.2) is 0 Å². The standard InChI is InChI=1S/C19H27N3O2/c1-14-11-22(13-18(14)20(2)3)19(23)16-12-21(9-10-24-4)17-8-6-5-7-15(16)17/h5-8,12,14,18H,9-11,13H2,1-4H3/t14-,18+/m1/s1. The van der Waals surface area contributed by atoms with Crippen molar-refractivity contribution in [2.45, 2.75) is 19.5 Å². The van der Waals surface area contributed by atoms with Gasteiger partial charge in [-0.05, 0) is 26.1 Å². The molecule has 1 saturated heterocycles. The van der Waals surface area contributed by atoms with Crippen LogP contribution in [0.5, 0.6) is 0 Å². The number of ether oxygens (including phenoxy) is 1. The molecule has 2 heterocycles. The summed E-state index contributed by atoms with van der Waals surface area (Å²) in [5, 5.41) is 1.03. The summed E-state index contributed by atoms with van der Waals surface area (Å²) < 4.78 is 7.32. The monoisotopic (exact) mass is 329 g/mol. The van der Waals surface area contributed by atoms with Crippen LogP contribution in [-0.2, 0) is 11.3 Å². The minimum absolute atomic E-state index is 0.138. The minimum atomic E-state index is 0.138. The van der Waals surface area contributed by atoms with Gasteiger partial charge in [-0.15, -0.1) is 0 Å². The molecule has 1 aliphatic rings. The lowest BCUT2D eigenvalue weighted by Crippen LogP contribution is -2.35. The molecule has 0 aliphatic carbocycles. The topological polar surface area (TPSA) is 37.7 Å². The maximum atomic E-state index is 13.1. The lowest BCUT2D eigenvalue weighted by atomic mass is 10.1. The average Bonchev–Trinajstić information content (AvgIpc) is 3.13. The van der Waals surface area contributed by atoms with Gasteiger partial charge in [0.1, 0.15) is 0 Å². The molecule has 1 aliphatic heterocycles. The molecule has 1 aromatic carbocycles. The summed E-state index contributed by atoms with van der Waals surface area (Å²) in [4.78, 5) is 17.3. The van der Waals surface area contributed by atoms with Crippen LogP contribution < -0.4 is 0 Å². The number of methoxy groups -OCH3 is 1. The van der Waals surface area contributed by atoms with Crippen molar-refractivity contribution in [2.24, 2.45) is 5.92 Å². The second-order valence-electron chi connectivity index (χ2n) is 6.96. The summed E-state index contributed by atoms with van der Waals surface area (Å²) in [7, 11) is 5.88. The molecule has 1 amide bonds. The van der Waals surface area contributed by atoms with Crippen molar-refractivity contribution in [1.29, 1.82) is 0 Å². The van der Waals surface area contributed by atoms with Crippen LogP contribution in [0.4, 0.5) is 0 Å². The molecular weight excluding hydrogens is 302 g/mol. The SMILES string of the molecule is COCCn1cc(C(=O)N2C[C@@H](C)[C@@H](N(C)C)C2)c2ccccc21. The van der Waals surface area contributed by atoms with Crippen LogP contribution in [0.2, 0.25) is 0 Å². The van der Waals surface area contributed by atoms with E-state index in [9.17, 15) is 4.79 Å². The van der Waals surface area contributed by atoms with E-state index in [0.29, 0.717) is 18.6 Å². The van der Waals surface area contributed by atoms with Gasteiger partial charge in [0.15, 0.2) is 0 Å². The summed E-state index contributed by atoms with van der Waals surface area (Å²) in [6.45, 7) is 5.22. The molecule has 24 heavy (non-hydrogen) atoms. The van der Waals surface area contributed by atoms with Crippen LogP contribution in [0.1, 0.15) is 17.3 Å². The van der Waals surface area contributed by atoms with Crippen molar-refractivity contribution >= 4 is 16.8 Å². The van der Waals surface area contributed by atoms with Crippen LogP contribution in [-0.4, -0.2) is 67.2 Å². The summed E-state index contributed by atoms with van der Waals surface area (Å²) in [5.41, 5.74) is 1.89. The number of likely N-dealkylation sites (tertiary alicyclic amines) is 1. The second-order valence-corrected chi connectivity index (χ2v) is 6.96. The number of carbonyl (C=O) groups excluding carboxylic acids is 1. The lowest BCUT2D eigenvalue weighted by molar-refractivity contribution is 0.0783. The van der Waals surface area contributed by atoms with Gasteiger partial charge in [0.25, 0.3) is 5.91 Å². The summed E-state index contributed by atoms with van der Waals surface area (Å²) in [6, 6.07) is 8.54. The van der Waals surface area contributed by atoms with E-state index in [2.05, 4.69) is 36.6 Å². The van der Waals surface area contributed by atoms with Gasteiger partial charge in [0.2, 0.25) is 0 Å². The molecule has 130 valence electrons. The highest BCUT2D eigenvalue weighted by atomic mass is 16.5. The zero-order valence-corrected chi connectivity index (χ0v) is 15.0. The summed E-state index contributed by atoms with van der Waals surface area (Å²) >= 11 is 0. The number of amides is 1. The number of hydrogen-bond acceptors (Lipinski definition) is 3.